The van der Waals surface area contributed by atoms with E-state index in [0.29, 0.717) is 11.1 Å². The van der Waals surface area contributed by atoms with Crippen molar-refractivity contribution in [1.82, 2.24) is 0 Å². The third-order valence-electron chi connectivity index (χ3n) is 13.2. The SMILES string of the molecule is CC(C)(C)c1cc(C(C)(C)C)c(S(OC(=O)C(F)(F)C(F)(F)C(F)(F)C(F)(F)C(F)(F)C(F)(F)C(F)(F)C(F)(F)C(F)(F)C(F)(F)C(F)(F)F)(c2ccccc2)c2c(C(C)(C)C)cc(C(C)(C)C)cc2C(C)(C)C)c(C(C)(C)C)c1. The lowest BCUT2D eigenvalue weighted by Gasteiger charge is -2.50. The molecule has 0 saturated carbocycles. The van der Waals surface area contributed by atoms with E-state index in [1.165, 1.54) is 42.5 Å². The van der Waals surface area contributed by atoms with E-state index in [2.05, 4.69) is 0 Å². The summed E-state index contributed by atoms with van der Waals surface area (Å²) in [6.07, 6.45) is -8.19. The molecule has 0 aliphatic rings. The van der Waals surface area contributed by atoms with Gasteiger partial charge >= 0.3 is 71.4 Å². The Kier molecular flexibility index (Phi) is 17.3. The van der Waals surface area contributed by atoms with E-state index in [4.69, 9.17) is 4.18 Å². The third-order valence-corrected chi connectivity index (χ3v) is 16.5. The number of rotatable bonds is 14. The molecule has 0 aliphatic heterocycles. The molecule has 3 aromatic carbocycles. The molecule has 2 nitrogen and oxygen atoms in total. The van der Waals surface area contributed by atoms with Crippen molar-refractivity contribution in [3.8, 4) is 0 Å². The summed E-state index contributed by atoms with van der Waals surface area (Å²) < 4.78 is 346. The minimum absolute atomic E-state index is 0.0613. The first-order valence-corrected chi connectivity index (χ1v) is 25.6. The Labute approximate surface area is 450 Å². The molecule has 3 aromatic rings. The second-order valence-corrected chi connectivity index (χ2v) is 28.3. The molecule has 458 valence electrons. The van der Waals surface area contributed by atoms with Gasteiger partial charge in [0.15, 0.2) is 0 Å². The fourth-order valence-electron chi connectivity index (χ4n) is 8.10. The van der Waals surface area contributed by atoms with E-state index in [-0.39, 0.29) is 32.0 Å². The minimum Gasteiger partial charge on any atom is -0.397 e. The topological polar surface area (TPSA) is 26.3 Å². The second kappa shape index (κ2) is 19.7. The van der Waals surface area contributed by atoms with Crippen LogP contribution in [0.25, 0.3) is 0 Å². The summed E-state index contributed by atoms with van der Waals surface area (Å²) in [6, 6.07) is 12.1. The lowest BCUT2D eigenvalue weighted by molar-refractivity contribution is -0.477. The highest BCUT2D eigenvalue weighted by molar-refractivity contribution is 8.30. The smallest absolute Gasteiger partial charge is 0.397 e. The van der Waals surface area contributed by atoms with Crippen molar-refractivity contribution in [3.05, 3.63) is 88.0 Å². The van der Waals surface area contributed by atoms with E-state index in [0.717, 1.165) is 12.1 Å². The predicted octanol–water partition coefficient (Wildman–Crippen LogP) is 20.1. The highest BCUT2D eigenvalue weighted by Gasteiger charge is 2.99. The molecule has 3 rings (SSSR count). The average molecular weight is 1210 g/mol. The maximum absolute atomic E-state index is 17.0. The van der Waals surface area contributed by atoms with Crippen LogP contribution in [0.3, 0.4) is 0 Å². The van der Waals surface area contributed by atoms with Crippen molar-refractivity contribution in [2.24, 2.45) is 0 Å². The standard InChI is InChI=1S/C54H63F23O2S/c1-38(2,3)28-24-31(40(7,8)9)35(32(25-28)41(10,11)12)80(30-22-20-19-21-23-30,36-33(42(13,14)15)26-29(39(4,5)6)27-34(36)43(16,17)18)79-37(78)44(55,56)45(57,58)46(59,60)47(61,62)48(63,64)49(65,66)50(67,68)51(69,70)52(71,72)53(73,74)54(75,76)77/h19-27H,1-18H3. The van der Waals surface area contributed by atoms with Crippen molar-refractivity contribution in [2.75, 3.05) is 0 Å². The summed E-state index contributed by atoms with van der Waals surface area (Å²) in [6.45, 7) is 29.2. The molecule has 0 fully saturated rings. The van der Waals surface area contributed by atoms with Gasteiger partial charge in [-0.2, -0.15) is 101 Å². The number of carbonyl (C=O) groups is 1. The zero-order chi connectivity index (χ0) is 63.8. The molecule has 0 bridgehead atoms. The maximum Gasteiger partial charge on any atom is 0.460 e. The van der Waals surface area contributed by atoms with Gasteiger partial charge in [0.05, 0.1) is 0 Å². The highest BCUT2D eigenvalue weighted by Crippen LogP contribution is 2.77. The monoisotopic (exact) mass is 1210 g/mol. The number of carbonyl (C=O) groups excluding carboxylic acids is 1. The first-order chi connectivity index (χ1) is 34.6. The van der Waals surface area contributed by atoms with E-state index in [1.807, 2.05) is 0 Å². The highest BCUT2D eigenvalue weighted by atomic mass is 32.3. The lowest BCUT2D eigenvalue weighted by atomic mass is 9.75. The number of benzene rings is 3. The lowest BCUT2D eigenvalue weighted by Crippen LogP contribution is -2.78. The second-order valence-electron chi connectivity index (χ2n) is 25.8. The fraction of sp³-hybridized carbons (Fsp3) is 0.648. The number of hydrogen-bond acceptors (Lipinski definition) is 2. The molecule has 0 N–H and O–H groups in total. The van der Waals surface area contributed by atoms with Gasteiger partial charge in [-0.1, -0.05) is 167 Å². The molecule has 0 unspecified atom stereocenters. The van der Waals surface area contributed by atoms with Gasteiger partial charge in [-0.3, -0.25) is 0 Å². The van der Waals surface area contributed by atoms with Gasteiger partial charge in [-0.15, -0.1) is 0 Å². The molecule has 80 heavy (non-hydrogen) atoms. The Morgan fingerprint density at radius 1 is 0.325 bits per heavy atom. The average Bonchev–Trinajstić information content (AvgIpc) is 3.24. The van der Waals surface area contributed by atoms with Gasteiger partial charge in [-0.05, 0) is 88.3 Å². The van der Waals surface area contributed by atoms with E-state index >= 15 is 43.9 Å². The Bertz CT molecular complexity index is 2610. The van der Waals surface area contributed by atoms with E-state index in [1.54, 1.807) is 125 Å². The Hall–Kier alpha value is -4.13. The van der Waals surface area contributed by atoms with Crippen LogP contribution >= 0.6 is 10.3 Å². The summed E-state index contributed by atoms with van der Waals surface area (Å²) in [7, 11) is -4.92. The van der Waals surface area contributed by atoms with Gasteiger partial charge in [0.1, 0.15) is 0 Å². The van der Waals surface area contributed by atoms with Crippen LogP contribution in [0.1, 0.15) is 158 Å². The first kappa shape index (κ1) is 70.1. The first-order valence-electron chi connectivity index (χ1n) is 24.0. The van der Waals surface area contributed by atoms with Crippen molar-refractivity contribution in [1.29, 1.82) is 0 Å². The Morgan fingerprint density at radius 2 is 0.550 bits per heavy atom. The summed E-state index contributed by atoms with van der Waals surface area (Å²) in [5.74, 6) is -95.1. The predicted molar refractivity (Wildman–Crippen MR) is 256 cm³/mol. The van der Waals surface area contributed by atoms with E-state index in [9.17, 15) is 61.9 Å². The molecular formula is C54H63F23O2S. The molecule has 0 heterocycles. The Morgan fingerprint density at radius 3 is 0.762 bits per heavy atom. The van der Waals surface area contributed by atoms with Crippen molar-refractivity contribution >= 4 is 16.3 Å². The molecule has 0 amide bonds. The van der Waals surface area contributed by atoms with Crippen molar-refractivity contribution in [2.45, 2.75) is 237 Å². The molecule has 0 spiro atoms. The van der Waals surface area contributed by atoms with Crippen molar-refractivity contribution < 1.29 is 110 Å². The molecule has 26 heteroatoms. The van der Waals surface area contributed by atoms with Gasteiger partial charge in [0.2, 0.25) is 0 Å². The number of halogens is 23. The van der Waals surface area contributed by atoms with Gasteiger partial charge in [-0.25, -0.2) is 4.79 Å². The summed E-state index contributed by atoms with van der Waals surface area (Å²) >= 11 is 0. The maximum atomic E-state index is 17.0. The van der Waals surface area contributed by atoms with Crippen LogP contribution < -0.4 is 0 Å². The zero-order valence-corrected chi connectivity index (χ0v) is 47.4. The number of alkyl halides is 23. The van der Waals surface area contributed by atoms with E-state index < -0.39 is 119 Å². The Balaban J connectivity index is 2.82. The molecule has 0 saturated heterocycles. The van der Waals surface area contributed by atoms with Crippen LogP contribution in [-0.4, -0.2) is 71.4 Å². The zero-order valence-electron chi connectivity index (χ0n) is 46.6. The van der Waals surface area contributed by atoms with Crippen LogP contribution in [0.2, 0.25) is 0 Å². The van der Waals surface area contributed by atoms with Gasteiger partial charge in [0.25, 0.3) is 0 Å². The fourth-order valence-corrected chi connectivity index (χ4v) is 12.6. The van der Waals surface area contributed by atoms with Crippen LogP contribution in [0.15, 0.2) is 69.3 Å². The molecule has 0 atom stereocenters. The quantitative estimate of drug-likeness (QED) is 0.150. The minimum atomic E-state index is -9.61. The van der Waals surface area contributed by atoms with Crippen molar-refractivity contribution in [3.63, 3.8) is 0 Å². The largest absolute Gasteiger partial charge is 0.460 e. The molecule has 0 aromatic heterocycles. The number of hydrogen-bond donors (Lipinski definition) is 0. The van der Waals surface area contributed by atoms with Crippen LogP contribution in [0, 0.1) is 0 Å². The van der Waals surface area contributed by atoms with Gasteiger partial charge in [0, 0.05) is 14.7 Å². The molecule has 0 aliphatic carbocycles. The van der Waals surface area contributed by atoms with Crippen LogP contribution in [-0.2, 0) is 41.5 Å². The van der Waals surface area contributed by atoms with Gasteiger partial charge < -0.3 is 4.18 Å². The molecule has 0 radical (unpaired) electrons. The van der Waals surface area contributed by atoms with Crippen LogP contribution in [0.4, 0.5) is 101 Å². The molecular weight excluding hydrogens is 1150 g/mol. The summed E-state index contributed by atoms with van der Waals surface area (Å²) in [5, 5.41) is 0. The normalized spacial score (nSPS) is 15.8. The summed E-state index contributed by atoms with van der Waals surface area (Å²) in [4.78, 5) is 13.7. The third kappa shape index (κ3) is 10.8. The van der Waals surface area contributed by atoms with Crippen LogP contribution in [0.5, 0.6) is 0 Å². The summed E-state index contributed by atoms with van der Waals surface area (Å²) in [5.41, 5.74) is -5.70.